The summed E-state index contributed by atoms with van der Waals surface area (Å²) in [5.74, 6) is -0.544. The number of hydrogen-bond donors (Lipinski definition) is 2. The summed E-state index contributed by atoms with van der Waals surface area (Å²) in [6.45, 7) is 2.67. The Hall–Kier alpha value is -1.59. The van der Waals surface area contributed by atoms with Crippen molar-refractivity contribution in [1.29, 1.82) is 0 Å². The van der Waals surface area contributed by atoms with Gasteiger partial charge >= 0.3 is 5.97 Å². The van der Waals surface area contributed by atoms with Crippen molar-refractivity contribution in [1.82, 2.24) is 4.98 Å². The molecule has 0 spiro atoms. The molecule has 2 aromatic heterocycles. The first kappa shape index (κ1) is 12.9. The number of halogens is 1. The van der Waals surface area contributed by atoms with Gasteiger partial charge in [0, 0.05) is 16.0 Å². The van der Waals surface area contributed by atoms with Crippen molar-refractivity contribution < 1.29 is 9.90 Å². The largest absolute Gasteiger partial charge is 0.478 e. The fourth-order valence-electron chi connectivity index (χ4n) is 1.44. The van der Waals surface area contributed by atoms with E-state index in [1.54, 1.807) is 11.3 Å². The van der Waals surface area contributed by atoms with Gasteiger partial charge in [-0.1, -0.05) is 11.6 Å². The molecule has 2 rings (SSSR count). The zero-order chi connectivity index (χ0) is 13.1. The smallest absolute Gasteiger partial charge is 0.337 e. The van der Waals surface area contributed by atoms with Crippen LogP contribution in [0.2, 0.25) is 5.02 Å². The molecule has 18 heavy (non-hydrogen) atoms. The van der Waals surface area contributed by atoms with Gasteiger partial charge in [-0.3, -0.25) is 0 Å². The number of carbonyl (C=O) groups is 1. The zero-order valence-corrected chi connectivity index (χ0v) is 11.2. The summed E-state index contributed by atoms with van der Waals surface area (Å²) in [6.07, 6.45) is 1.29. The minimum absolute atomic E-state index is 0.0810. The molecule has 2 aromatic rings. The van der Waals surface area contributed by atoms with Gasteiger partial charge in [0.05, 0.1) is 17.1 Å². The Labute approximate surface area is 113 Å². The van der Waals surface area contributed by atoms with Crippen LogP contribution in [0.5, 0.6) is 0 Å². The van der Waals surface area contributed by atoms with Crippen molar-refractivity contribution >= 4 is 34.7 Å². The first-order valence-electron chi connectivity index (χ1n) is 5.24. The summed E-state index contributed by atoms with van der Waals surface area (Å²) in [4.78, 5) is 17.1. The third-order valence-electron chi connectivity index (χ3n) is 2.31. The Morgan fingerprint density at radius 2 is 2.33 bits per heavy atom. The molecule has 0 bridgehead atoms. The van der Waals surface area contributed by atoms with Crippen LogP contribution in [0, 0.1) is 6.92 Å². The second-order valence-corrected chi connectivity index (χ2v) is 5.51. The number of aromatic carboxylic acids is 1. The van der Waals surface area contributed by atoms with Gasteiger partial charge < -0.3 is 10.4 Å². The van der Waals surface area contributed by atoms with E-state index in [1.807, 2.05) is 19.1 Å². The third kappa shape index (κ3) is 3.00. The lowest BCUT2D eigenvalue weighted by molar-refractivity contribution is 0.0696. The Morgan fingerprint density at radius 3 is 2.89 bits per heavy atom. The second kappa shape index (κ2) is 5.37. The molecule has 0 atom stereocenters. The molecule has 0 amide bonds. The van der Waals surface area contributed by atoms with Crippen LogP contribution in [0.25, 0.3) is 0 Å². The van der Waals surface area contributed by atoms with Crippen molar-refractivity contribution in [3.05, 3.63) is 44.7 Å². The monoisotopic (exact) mass is 282 g/mol. The van der Waals surface area contributed by atoms with Crippen molar-refractivity contribution in [2.24, 2.45) is 0 Å². The highest BCUT2D eigenvalue weighted by molar-refractivity contribution is 7.11. The molecular formula is C12H11ClN2O2S. The highest BCUT2D eigenvalue weighted by atomic mass is 35.5. The summed E-state index contributed by atoms with van der Waals surface area (Å²) in [6, 6.07) is 5.47. The molecule has 2 heterocycles. The maximum Gasteiger partial charge on any atom is 0.337 e. The van der Waals surface area contributed by atoms with E-state index >= 15 is 0 Å². The predicted molar refractivity (Wildman–Crippen MR) is 72.6 cm³/mol. The number of nitrogens with one attached hydrogen (secondary N) is 1. The summed E-state index contributed by atoms with van der Waals surface area (Å²) in [7, 11) is 0. The van der Waals surface area contributed by atoms with Crippen LogP contribution in [0.1, 0.15) is 20.1 Å². The molecule has 94 valence electrons. The van der Waals surface area contributed by atoms with E-state index in [9.17, 15) is 4.79 Å². The number of nitrogens with zero attached hydrogens (tertiary/aromatic N) is 1. The van der Waals surface area contributed by atoms with Crippen molar-refractivity contribution in [3.8, 4) is 0 Å². The van der Waals surface area contributed by atoms with Crippen molar-refractivity contribution in [3.63, 3.8) is 0 Å². The lowest BCUT2D eigenvalue weighted by Gasteiger charge is -2.06. The molecule has 0 aromatic carbocycles. The van der Waals surface area contributed by atoms with Gasteiger partial charge in [0.1, 0.15) is 5.82 Å². The highest BCUT2D eigenvalue weighted by Gasteiger charge is 2.08. The molecular weight excluding hydrogens is 272 g/mol. The van der Waals surface area contributed by atoms with E-state index < -0.39 is 5.97 Å². The molecule has 0 saturated heterocycles. The summed E-state index contributed by atoms with van der Waals surface area (Å²) in [5, 5.41) is 12.2. The first-order chi connectivity index (χ1) is 8.56. The van der Waals surface area contributed by atoms with Crippen LogP contribution in [-0.2, 0) is 6.54 Å². The molecule has 0 fully saturated rings. The van der Waals surface area contributed by atoms with Gasteiger partial charge in [0.25, 0.3) is 0 Å². The van der Waals surface area contributed by atoms with E-state index in [0.29, 0.717) is 17.4 Å². The Balaban J connectivity index is 2.08. The fourth-order valence-corrected chi connectivity index (χ4v) is 2.50. The van der Waals surface area contributed by atoms with Crippen LogP contribution < -0.4 is 5.32 Å². The van der Waals surface area contributed by atoms with Crippen LogP contribution in [-0.4, -0.2) is 16.1 Å². The lowest BCUT2D eigenvalue weighted by Crippen LogP contribution is -2.03. The van der Waals surface area contributed by atoms with Gasteiger partial charge in [-0.25, -0.2) is 9.78 Å². The normalized spacial score (nSPS) is 10.3. The number of pyridine rings is 1. The van der Waals surface area contributed by atoms with Crippen molar-refractivity contribution in [2.45, 2.75) is 13.5 Å². The summed E-state index contributed by atoms with van der Waals surface area (Å²) < 4.78 is 0. The summed E-state index contributed by atoms with van der Waals surface area (Å²) >= 11 is 7.65. The maximum atomic E-state index is 10.7. The average Bonchev–Trinajstić information content (AvgIpc) is 2.73. The average molecular weight is 283 g/mol. The Morgan fingerprint density at radius 1 is 1.56 bits per heavy atom. The van der Waals surface area contributed by atoms with E-state index in [2.05, 4.69) is 10.3 Å². The molecule has 0 radical (unpaired) electrons. The van der Waals surface area contributed by atoms with E-state index in [4.69, 9.17) is 16.7 Å². The lowest BCUT2D eigenvalue weighted by atomic mass is 10.3. The number of carboxylic acids is 1. The number of aryl methyl sites for hydroxylation is 1. The molecule has 0 saturated carbocycles. The minimum atomic E-state index is -1.04. The van der Waals surface area contributed by atoms with Gasteiger partial charge in [-0.05, 0) is 25.1 Å². The number of rotatable bonds is 4. The van der Waals surface area contributed by atoms with Gasteiger partial charge in [0.2, 0.25) is 0 Å². The number of anilines is 1. The SMILES string of the molecule is Cc1ccc(CNc2ncc(C(=O)O)cc2Cl)s1. The van der Waals surface area contributed by atoms with E-state index in [-0.39, 0.29) is 5.56 Å². The topological polar surface area (TPSA) is 62.2 Å². The molecule has 0 aliphatic rings. The number of thiophene rings is 1. The van der Waals surface area contributed by atoms with Gasteiger partial charge in [0.15, 0.2) is 0 Å². The Kier molecular flexibility index (Phi) is 3.84. The standard InChI is InChI=1S/C12H11ClN2O2S/c1-7-2-3-9(18-7)6-15-11-10(13)4-8(5-14-11)12(16)17/h2-5H,6H2,1H3,(H,14,15)(H,16,17). The van der Waals surface area contributed by atoms with Crippen LogP contribution in [0.15, 0.2) is 24.4 Å². The second-order valence-electron chi connectivity index (χ2n) is 3.73. The number of hydrogen-bond acceptors (Lipinski definition) is 4. The van der Waals surface area contributed by atoms with Gasteiger partial charge in [-0.15, -0.1) is 11.3 Å². The minimum Gasteiger partial charge on any atom is -0.478 e. The van der Waals surface area contributed by atoms with Crippen LogP contribution in [0.3, 0.4) is 0 Å². The molecule has 0 unspecified atom stereocenters. The molecule has 4 nitrogen and oxygen atoms in total. The quantitative estimate of drug-likeness (QED) is 0.902. The van der Waals surface area contributed by atoms with Gasteiger partial charge in [-0.2, -0.15) is 0 Å². The highest BCUT2D eigenvalue weighted by Crippen LogP contribution is 2.22. The van der Waals surface area contributed by atoms with Crippen LogP contribution >= 0.6 is 22.9 Å². The van der Waals surface area contributed by atoms with Crippen LogP contribution in [0.4, 0.5) is 5.82 Å². The first-order valence-corrected chi connectivity index (χ1v) is 6.44. The predicted octanol–water partition coefficient (Wildman–Crippen LogP) is 3.42. The molecule has 0 aliphatic carbocycles. The zero-order valence-electron chi connectivity index (χ0n) is 9.61. The molecule has 0 aliphatic heterocycles. The van der Waals surface area contributed by atoms with E-state index in [1.165, 1.54) is 22.0 Å². The van der Waals surface area contributed by atoms with E-state index in [0.717, 1.165) is 0 Å². The fraction of sp³-hybridized carbons (Fsp3) is 0.167. The number of aromatic nitrogens is 1. The third-order valence-corrected chi connectivity index (χ3v) is 3.60. The Bertz CT molecular complexity index is 583. The van der Waals surface area contributed by atoms with Crippen molar-refractivity contribution in [2.75, 3.05) is 5.32 Å². The summed E-state index contributed by atoms with van der Waals surface area (Å²) in [5.41, 5.74) is 0.0810. The number of carboxylic acid groups (broad SMARTS) is 1. The molecule has 6 heteroatoms. The maximum absolute atomic E-state index is 10.7. The molecule has 2 N–H and O–H groups in total.